The molecular weight excluding hydrogens is 497 g/mol. The van der Waals surface area contributed by atoms with E-state index in [1.165, 1.54) is 24.3 Å². The van der Waals surface area contributed by atoms with Gasteiger partial charge >= 0.3 is 0 Å². The molecule has 1 spiro atoms. The number of carbonyl (C=O) groups is 3. The molecule has 0 unspecified atom stereocenters. The molecule has 2 atom stereocenters. The van der Waals surface area contributed by atoms with Gasteiger partial charge in [-0.3, -0.25) is 19.3 Å². The lowest BCUT2D eigenvalue weighted by Crippen LogP contribution is -2.60. The Morgan fingerprint density at radius 1 is 0.923 bits per heavy atom. The predicted molar refractivity (Wildman–Crippen MR) is 144 cm³/mol. The van der Waals surface area contributed by atoms with E-state index in [1.54, 1.807) is 21.9 Å². The van der Waals surface area contributed by atoms with Crippen LogP contribution in [0.25, 0.3) is 0 Å². The summed E-state index contributed by atoms with van der Waals surface area (Å²) in [5.41, 5.74) is 1.67. The zero-order valence-electron chi connectivity index (χ0n) is 22.1. The summed E-state index contributed by atoms with van der Waals surface area (Å²) >= 11 is 0. The zero-order chi connectivity index (χ0) is 27.6. The molecule has 7 nitrogen and oxygen atoms in total. The number of aryl methyl sites for hydroxylation is 1. The van der Waals surface area contributed by atoms with E-state index >= 15 is 0 Å². The van der Waals surface area contributed by atoms with Gasteiger partial charge in [-0.15, -0.1) is 0 Å². The molecule has 1 N–H and O–H groups in total. The number of carbonyl (C=O) groups excluding carboxylic acids is 3. The van der Waals surface area contributed by atoms with Crippen molar-refractivity contribution in [2.75, 3.05) is 19.7 Å². The highest BCUT2D eigenvalue weighted by atomic mass is 19.1. The number of piperidine rings is 1. The van der Waals surface area contributed by atoms with Gasteiger partial charge in [-0.2, -0.15) is 0 Å². The van der Waals surface area contributed by atoms with Crippen LogP contribution < -0.4 is 5.32 Å². The van der Waals surface area contributed by atoms with Crippen LogP contribution in [0.4, 0.5) is 4.39 Å². The number of nitrogens with zero attached hydrogens (tertiary/aromatic N) is 2. The average Bonchev–Trinajstić information content (AvgIpc) is 3.32. The van der Waals surface area contributed by atoms with Crippen LogP contribution >= 0.6 is 0 Å². The molecule has 0 aliphatic carbocycles. The maximum absolute atomic E-state index is 14.0. The largest absolute Gasteiger partial charge is 0.353 e. The molecule has 2 aliphatic rings. The first-order valence-electron chi connectivity index (χ1n) is 13.2. The summed E-state index contributed by atoms with van der Waals surface area (Å²) in [5, 5.41) is 3.06. The van der Waals surface area contributed by atoms with Crippen molar-refractivity contribution in [2.24, 2.45) is 0 Å². The highest BCUT2D eigenvalue weighted by molar-refractivity contribution is 5.99. The second-order valence-corrected chi connectivity index (χ2v) is 10.2. The number of benzene rings is 3. The first kappa shape index (κ1) is 26.6. The summed E-state index contributed by atoms with van der Waals surface area (Å²) in [6.45, 7) is 4.52. The van der Waals surface area contributed by atoms with Gasteiger partial charge in [0, 0.05) is 37.1 Å². The number of halogens is 1. The Labute approximate surface area is 227 Å². The topological polar surface area (TPSA) is 79.0 Å². The first-order chi connectivity index (χ1) is 18.8. The second-order valence-electron chi connectivity index (χ2n) is 10.2. The lowest BCUT2D eigenvalue weighted by Gasteiger charge is -2.44. The number of hydrogen-bond acceptors (Lipinski definition) is 4. The lowest BCUT2D eigenvalue weighted by atomic mass is 9.95. The highest BCUT2D eigenvalue weighted by Crippen LogP contribution is 2.39. The predicted octanol–water partition coefficient (Wildman–Crippen LogP) is 4.49. The molecule has 3 aromatic carbocycles. The van der Waals surface area contributed by atoms with Gasteiger partial charge in [0.05, 0.1) is 12.6 Å². The molecule has 2 aliphatic heterocycles. The number of hydrogen-bond donors (Lipinski definition) is 1. The van der Waals surface area contributed by atoms with Crippen LogP contribution in [-0.4, -0.2) is 59.0 Å². The molecule has 8 heteroatoms. The van der Waals surface area contributed by atoms with E-state index in [4.69, 9.17) is 4.74 Å². The number of amides is 3. The lowest BCUT2D eigenvalue weighted by molar-refractivity contribution is -0.128. The molecule has 0 bridgehead atoms. The SMILES string of the molecule is Cc1ccccc1C(=O)N1[C@H](C(=O)N[C@H](C)c2ccccc2)COC12CCN(C(=O)c1ccc(F)cc1)CC2. The van der Waals surface area contributed by atoms with E-state index in [1.807, 2.05) is 56.3 Å². The van der Waals surface area contributed by atoms with Crippen LogP contribution in [0.15, 0.2) is 78.9 Å². The Hall–Kier alpha value is -4.04. The van der Waals surface area contributed by atoms with Crippen LogP contribution in [0.1, 0.15) is 57.7 Å². The standard InChI is InChI=1S/C31H32FN3O4/c1-21-8-6-7-11-26(21)30(38)35-27(28(36)33-22(2)23-9-4-3-5-10-23)20-39-31(35)16-18-34(19-17-31)29(37)24-12-14-25(32)15-13-24/h3-15,22,27H,16-20H2,1-2H3,(H,33,36)/t22-,27+/m1/s1. The number of rotatable bonds is 5. The van der Waals surface area contributed by atoms with Crippen molar-refractivity contribution >= 4 is 17.7 Å². The molecule has 2 fully saturated rings. The van der Waals surface area contributed by atoms with Gasteiger partial charge in [0.15, 0.2) is 0 Å². The summed E-state index contributed by atoms with van der Waals surface area (Å²) in [6.07, 6.45) is 0.713. The van der Waals surface area contributed by atoms with Gasteiger partial charge in [0.1, 0.15) is 17.6 Å². The first-order valence-corrected chi connectivity index (χ1v) is 13.2. The summed E-state index contributed by atoms with van der Waals surface area (Å²) in [6, 6.07) is 21.4. The highest BCUT2D eigenvalue weighted by Gasteiger charge is 2.54. The summed E-state index contributed by atoms with van der Waals surface area (Å²) in [7, 11) is 0. The molecule has 3 aromatic rings. The fourth-order valence-corrected chi connectivity index (χ4v) is 5.48. The van der Waals surface area contributed by atoms with Gasteiger partial charge in [0.2, 0.25) is 5.91 Å². The van der Waals surface area contributed by atoms with Gasteiger partial charge in [-0.1, -0.05) is 48.5 Å². The van der Waals surface area contributed by atoms with Crippen molar-refractivity contribution in [2.45, 2.75) is 44.5 Å². The Kier molecular flexibility index (Phi) is 7.48. The number of nitrogens with one attached hydrogen (secondary N) is 1. The Morgan fingerprint density at radius 3 is 2.23 bits per heavy atom. The minimum absolute atomic E-state index is 0.0663. The Bertz CT molecular complexity index is 1350. The van der Waals surface area contributed by atoms with E-state index in [0.717, 1.165) is 11.1 Å². The van der Waals surface area contributed by atoms with Crippen molar-refractivity contribution in [3.63, 3.8) is 0 Å². The average molecular weight is 530 g/mol. The maximum Gasteiger partial charge on any atom is 0.257 e. The van der Waals surface area contributed by atoms with Crippen molar-refractivity contribution < 1.29 is 23.5 Å². The quantitative estimate of drug-likeness (QED) is 0.529. The molecule has 202 valence electrons. The number of ether oxygens (including phenoxy) is 1. The minimum atomic E-state index is -1.02. The fourth-order valence-electron chi connectivity index (χ4n) is 5.48. The van der Waals surface area contributed by atoms with Crippen LogP contribution in [0.5, 0.6) is 0 Å². The third kappa shape index (κ3) is 5.29. The van der Waals surface area contributed by atoms with E-state index in [2.05, 4.69) is 5.32 Å². The molecular formula is C31H32FN3O4. The monoisotopic (exact) mass is 529 g/mol. The van der Waals surface area contributed by atoms with E-state index < -0.39 is 17.6 Å². The summed E-state index contributed by atoms with van der Waals surface area (Å²) in [4.78, 5) is 43.9. The Balaban J connectivity index is 1.39. The Morgan fingerprint density at radius 2 is 1.56 bits per heavy atom. The van der Waals surface area contributed by atoms with Crippen LogP contribution in [0, 0.1) is 12.7 Å². The molecule has 0 saturated carbocycles. The molecule has 5 rings (SSSR count). The third-order valence-electron chi connectivity index (χ3n) is 7.74. The minimum Gasteiger partial charge on any atom is -0.353 e. The molecule has 0 radical (unpaired) electrons. The van der Waals surface area contributed by atoms with Gasteiger partial charge in [0.25, 0.3) is 11.8 Å². The maximum atomic E-state index is 14.0. The van der Waals surface area contributed by atoms with Crippen molar-refractivity contribution in [1.29, 1.82) is 0 Å². The zero-order valence-corrected chi connectivity index (χ0v) is 22.1. The van der Waals surface area contributed by atoms with Crippen molar-refractivity contribution in [3.05, 3.63) is 107 Å². The molecule has 2 heterocycles. The summed E-state index contributed by atoms with van der Waals surface area (Å²) < 4.78 is 19.6. The summed E-state index contributed by atoms with van der Waals surface area (Å²) in [5.74, 6) is -1.16. The molecule has 3 amide bonds. The van der Waals surface area contributed by atoms with E-state index in [0.29, 0.717) is 37.1 Å². The van der Waals surface area contributed by atoms with E-state index in [9.17, 15) is 18.8 Å². The van der Waals surface area contributed by atoms with Crippen molar-refractivity contribution in [1.82, 2.24) is 15.1 Å². The normalized spacial score (nSPS) is 19.1. The van der Waals surface area contributed by atoms with Crippen LogP contribution in [0.3, 0.4) is 0 Å². The van der Waals surface area contributed by atoms with Gasteiger partial charge < -0.3 is 15.0 Å². The molecule has 0 aromatic heterocycles. The third-order valence-corrected chi connectivity index (χ3v) is 7.74. The van der Waals surface area contributed by atoms with E-state index in [-0.39, 0.29) is 30.4 Å². The number of likely N-dealkylation sites (tertiary alicyclic amines) is 1. The van der Waals surface area contributed by atoms with Gasteiger partial charge in [-0.25, -0.2) is 4.39 Å². The molecule has 2 saturated heterocycles. The van der Waals surface area contributed by atoms with Crippen LogP contribution in [0.2, 0.25) is 0 Å². The smallest absolute Gasteiger partial charge is 0.257 e. The second kappa shape index (κ2) is 11.0. The van der Waals surface area contributed by atoms with Crippen molar-refractivity contribution in [3.8, 4) is 0 Å². The fraction of sp³-hybridized carbons (Fsp3) is 0.323. The molecule has 39 heavy (non-hydrogen) atoms. The van der Waals surface area contributed by atoms with Gasteiger partial charge in [-0.05, 0) is 55.3 Å². The van der Waals surface area contributed by atoms with Crippen LogP contribution in [-0.2, 0) is 9.53 Å².